The molecule has 5 rings (SSSR count). The summed E-state index contributed by atoms with van der Waals surface area (Å²) in [4.78, 5) is 25.3. The quantitative estimate of drug-likeness (QED) is 0.435. The topological polar surface area (TPSA) is 129 Å². The first-order valence-electron chi connectivity index (χ1n) is 12.3. The van der Waals surface area contributed by atoms with Crippen LogP contribution in [0, 0.1) is 6.92 Å². The van der Waals surface area contributed by atoms with E-state index in [1.165, 1.54) is 0 Å². The molecule has 2 unspecified atom stereocenters. The molecule has 9 nitrogen and oxygen atoms in total. The Hall–Kier alpha value is -4.08. The first-order chi connectivity index (χ1) is 18.0. The fourth-order valence-electron chi connectivity index (χ4n) is 4.36. The Labute approximate surface area is 220 Å². The standard InChI is InChI=1S/C29H30N2O7/c1-17-8-9-18(25-15-35-23-11-10-19(26(30)32)13-24(23)37-25)12-21(17)31-27(33)29(36-16-28(2,3)34)14-20-6-4-5-7-22(20)38-29/h4-13,25,34H,14-16H2,1-3H3,(H2,30,32)(H,31,33). The number of aryl methyl sites for hydroxylation is 1. The van der Waals surface area contributed by atoms with E-state index in [0.29, 0.717) is 28.5 Å². The van der Waals surface area contributed by atoms with Crippen LogP contribution in [-0.4, -0.2) is 41.5 Å². The van der Waals surface area contributed by atoms with Crippen molar-refractivity contribution >= 4 is 17.5 Å². The van der Waals surface area contributed by atoms with Gasteiger partial charge in [0.25, 0.3) is 11.7 Å². The highest BCUT2D eigenvalue weighted by molar-refractivity contribution is 5.98. The van der Waals surface area contributed by atoms with Gasteiger partial charge in [-0.05, 0) is 62.2 Å². The summed E-state index contributed by atoms with van der Waals surface area (Å²) in [5.41, 5.74) is 7.54. The molecule has 0 aliphatic carbocycles. The van der Waals surface area contributed by atoms with E-state index in [4.69, 9.17) is 24.7 Å². The van der Waals surface area contributed by atoms with Gasteiger partial charge in [-0.3, -0.25) is 9.59 Å². The third-order valence-electron chi connectivity index (χ3n) is 6.44. The maximum absolute atomic E-state index is 13.7. The lowest BCUT2D eigenvalue weighted by Crippen LogP contribution is -2.51. The average molecular weight is 519 g/mol. The Morgan fingerprint density at radius 1 is 1.11 bits per heavy atom. The molecule has 4 N–H and O–H groups in total. The largest absolute Gasteiger partial charge is 0.485 e. The number of hydrogen-bond acceptors (Lipinski definition) is 7. The van der Waals surface area contributed by atoms with Crippen LogP contribution in [0.15, 0.2) is 60.7 Å². The lowest BCUT2D eigenvalue weighted by molar-refractivity contribution is -0.198. The van der Waals surface area contributed by atoms with Crippen LogP contribution in [0.3, 0.4) is 0 Å². The van der Waals surface area contributed by atoms with E-state index in [1.54, 1.807) is 38.1 Å². The number of hydrogen-bond donors (Lipinski definition) is 3. The number of nitrogens with two attached hydrogens (primary N) is 1. The van der Waals surface area contributed by atoms with Crippen LogP contribution in [-0.2, 0) is 16.0 Å². The highest BCUT2D eigenvalue weighted by atomic mass is 16.7. The fourth-order valence-corrected chi connectivity index (χ4v) is 4.36. The van der Waals surface area contributed by atoms with Crippen molar-refractivity contribution in [3.8, 4) is 17.2 Å². The SMILES string of the molecule is Cc1ccc(C2COc3ccc(C(N)=O)cc3O2)cc1NC(=O)C1(OCC(C)(C)O)Cc2ccccc2O1. The fraction of sp³-hybridized carbons (Fsp3) is 0.310. The smallest absolute Gasteiger partial charge is 0.297 e. The van der Waals surface area contributed by atoms with Gasteiger partial charge in [0.1, 0.15) is 12.4 Å². The van der Waals surface area contributed by atoms with Crippen molar-refractivity contribution in [2.75, 3.05) is 18.5 Å². The molecule has 0 aromatic heterocycles. The van der Waals surface area contributed by atoms with Crippen LogP contribution in [0.5, 0.6) is 17.2 Å². The Morgan fingerprint density at radius 2 is 1.89 bits per heavy atom. The molecule has 2 heterocycles. The molecule has 9 heteroatoms. The number of amides is 2. The molecule has 2 aliphatic rings. The highest BCUT2D eigenvalue weighted by Gasteiger charge is 2.48. The molecule has 0 fully saturated rings. The van der Waals surface area contributed by atoms with Gasteiger partial charge in [-0.15, -0.1) is 0 Å². The van der Waals surface area contributed by atoms with Crippen molar-refractivity contribution in [3.63, 3.8) is 0 Å². The van der Waals surface area contributed by atoms with Gasteiger partial charge in [-0.25, -0.2) is 0 Å². The van der Waals surface area contributed by atoms with Crippen LogP contribution < -0.4 is 25.3 Å². The molecular formula is C29H30N2O7. The molecule has 198 valence electrons. The summed E-state index contributed by atoms with van der Waals surface area (Å²) in [6, 6.07) is 17.7. The van der Waals surface area contributed by atoms with Gasteiger partial charge >= 0.3 is 0 Å². The van der Waals surface area contributed by atoms with Gasteiger partial charge in [0.2, 0.25) is 5.91 Å². The number of para-hydroxylation sites is 1. The van der Waals surface area contributed by atoms with Gasteiger partial charge < -0.3 is 35.1 Å². The number of benzene rings is 3. The average Bonchev–Trinajstić information content (AvgIpc) is 3.28. The van der Waals surface area contributed by atoms with Crippen LogP contribution >= 0.6 is 0 Å². The molecule has 0 radical (unpaired) electrons. The normalized spacial score (nSPS) is 19.8. The predicted molar refractivity (Wildman–Crippen MR) is 139 cm³/mol. The minimum Gasteiger partial charge on any atom is -0.485 e. The predicted octanol–water partition coefficient (Wildman–Crippen LogP) is 3.66. The van der Waals surface area contributed by atoms with Crippen molar-refractivity contribution in [1.82, 2.24) is 0 Å². The molecule has 3 aromatic carbocycles. The Morgan fingerprint density at radius 3 is 2.63 bits per heavy atom. The third kappa shape index (κ3) is 5.16. The van der Waals surface area contributed by atoms with Crippen molar-refractivity contribution in [1.29, 1.82) is 0 Å². The number of nitrogens with one attached hydrogen (secondary N) is 1. The number of ether oxygens (including phenoxy) is 4. The summed E-state index contributed by atoms with van der Waals surface area (Å²) >= 11 is 0. The first kappa shape index (κ1) is 25.6. The second kappa shape index (κ2) is 9.66. The summed E-state index contributed by atoms with van der Waals surface area (Å²) < 4.78 is 24.0. The zero-order valence-corrected chi connectivity index (χ0v) is 21.4. The Balaban J connectivity index is 1.38. The van der Waals surface area contributed by atoms with E-state index in [0.717, 1.165) is 16.7 Å². The lowest BCUT2D eigenvalue weighted by atomic mass is 10.0. The van der Waals surface area contributed by atoms with E-state index in [2.05, 4.69) is 5.32 Å². The molecule has 0 bridgehead atoms. The van der Waals surface area contributed by atoms with Gasteiger partial charge in [0, 0.05) is 16.8 Å². The van der Waals surface area contributed by atoms with Crippen LogP contribution in [0.4, 0.5) is 5.69 Å². The minimum atomic E-state index is -1.64. The minimum absolute atomic E-state index is 0.104. The van der Waals surface area contributed by atoms with Gasteiger partial charge in [-0.2, -0.15) is 0 Å². The molecule has 3 aromatic rings. The highest BCUT2D eigenvalue weighted by Crippen LogP contribution is 2.39. The number of carbonyl (C=O) groups is 2. The molecule has 2 amide bonds. The molecule has 0 saturated carbocycles. The van der Waals surface area contributed by atoms with E-state index in [9.17, 15) is 14.7 Å². The van der Waals surface area contributed by atoms with Crippen LogP contribution in [0.2, 0.25) is 0 Å². The Bertz CT molecular complexity index is 1370. The third-order valence-corrected chi connectivity index (χ3v) is 6.44. The van der Waals surface area contributed by atoms with E-state index >= 15 is 0 Å². The van der Waals surface area contributed by atoms with E-state index in [1.807, 2.05) is 43.3 Å². The summed E-state index contributed by atoms with van der Waals surface area (Å²) in [6.07, 6.45) is -0.281. The number of primary amides is 1. The van der Waals surface area contributed by atoms with Gasteiger partial charge in [0.15, 0.2) is 17.6 Å². The van der Waals surface area contributed by atoms with Crippen molar-refractivity contribution in [2.45, 2.75) is 44.7 Å². The number of fused-ring (bicyclic) bond motifs is 2. The zero-order valence-electron chi connectivity index (χ0n) is 21.4. The van der Waals surface area contributed by atoms with Crippen molar-refractivity contribution < 1.29 is 33.6 Å². The van der Waals surface area contributed by atoms with E-state index in [-0.39, 0.29) is 19.6 Å². The van der Waals surface area contributed by atoms with Crippen molar-refractivity contribution in [2.24, 2.45) is 5.73 Å². The Kier molecular flexibility index (Phi) is 6.50. The van der Waals surface area contributed by atoms with Gasteiger partial charge in [-0.1, -0.05) is 30.3 Å². The number of carbonyl (C=O) groups excluding carboxylic acids is 2. The molecule has 0 saturated heterocycles. The second-order valence-corrected chi connectivity index (χ2v) is 10.2. The van der Waals surface area contributed by atoms with Crippen molar-refractivity contribution in [3.05, 3.63) is 82.9 Å². The zero-order chi connectivity index (χ0) is 27.1. The molecule has 2 atom stereocenters. The molecule has 38 heavy (non-hydrogen) atoms. The maximum atomic E-state index is 13.7. The summed E-state index contributed by atoms with van der Waals surface area (Å²) in [5.74, 6) is -1.19. The number of aliphatic hydroxyl groups is 1. The number of rotatable bonds is 7. The van der Waals surface area contributed by atoms with Gasteiger partial charge in [0.05, 0.1) is 18.6 Å². The molecular weight excluding hydrogens is 488 g/mol. The first-order valence-corrected chi connectivity index (χ1v) is 12.3. The van der Waals surface area contributed by atoms with E-state index < -0.39 is 29.3 Å². The lowest BCUT2D eigenvalue weighted by Gasteiger charge is -2.31. The van der Waals surface area contributed by atoms with Crippen LogP contribution in [0.25, 0.3) is 0 Å². The second-order valence-electron chi connectivity index (χ2n) is 10.2. The summed E-state index contributed by atoms with van der Waals surface area (Å²) in [6.45, 7) is 5.22. The summed E-state index contributed by atoms with van der Waals surface area (Å²) in [7, 11) is 0. The van der Waals surface area contributed by atoms with Crippen LogP contribution in [0.1, 0.15) is 47.0 Å². The number of anilines is 1. The molecule has 0 spiro atoms. The summed E-state index contributed by atoms with van der Waals surface area (Å²) in [5, 5.41) is 13.2. The molecule has 2 aliphatic heterocycles. The maximum Gasteiger partial charge on any atom is 0.297 e. The monoisotopic (exact) mass is 518 g/mol.